The molecule has 78 valence electrons. The van der Waals surface area contributed by atoms with Crippen LogP contribution in [0.25, 0.3) is 0 Å². The molecule has 1 atom stereocenters. The summed E-state index contributed by atoms with van der Waals surface area (Å²) in [6.07, 6.45) is 0.503. The molecule has 0 saturated carbocycles. The second-order valence-corrected chi connectivity index (χ2v) is 3.34. The van der Waals surface area contributed by atoms with Crippen LogP contribution in [0.4, 0.5) is 0 Å². The van der Waals surface area contributed by atoms with Crippen LogP contribution in [0, 0.1) is 0 Å². The van der Waals surface area contributed by atoms with Gasteiger partial charge in [0.05, 0.1) is 0 Å². The number of carboxylic acid groups (broad SMARTS) is 1. The zero-order valence-corrected chi connectivity index (χ0v) is 8.83. The fraction of sp³-hybridized carbons (Fsp3) is 0.889. The maximum Gasteiger partial charge on any atom is 0.323 e. The van der Waals surface area contributed by atoms with E-state index in [4.69, 9.17) is 9.84 Å². The minimum absolute atomic E-state index is 0.465. The SMILES string of the molecule is CCN(C)C(C)(CCOC)C(=O)O. The first kappa shape index (κ1) is 12.4. The summed E-state index contributed by atoms with van der Waals surface area (Å²) in [6.45, 7) is 4.84. The number of rotatable bonds is 6. The lowest BCUT2D eigenvalue weighted by Gasteiger charge is -2.34. The van der Waals surface area contributed by atoms with E-state index < -0.39 is 11.5 Å². The number of aliphatic carboxylic acids is 1. The maximum atomic E-state index is 11.0. The summed E-state index contributed by atoms with van der Waals surface area (Å²) < 4.78 is 4.89. The molecule has 0 aromatic rings. The molecule has 4 heteroatoms. The second kappa shape index (κ2) is 5.19. The van der Waals surface area contributed by atoms with Gasteiger partial charge in [-0.25, -0.2) is 0 Å². The van der Waals surface area contributed by atoms with Crippen molar-refractivity contribution in [3.8, 4) is 0 Å². The standard InChI is InChI=1S/C9H19NO3/c1-5-10(3)9(2,8(11)12)6-7-13-4/h5-7H2,1-4H3,(H,11,12). The largest absolute Gasteiger partial charge is 0.480 e. The molecule has 1 N–H and O–H groups in total. The van der Waals surface area contributed by atoms with Crippen LogP contribution in [0.5, 0.6) is 0 Å². The molecule has 4 nitrogen and oxygen atoms in total. The van der Waals surface area contributed by atoms with E-state index in [9.17, 15) is 4.79 Å². The van der Waals surface area contributed by atoms with Crippen molar-refractivity contribution in [1.82, 2.24) is 4.90 Å². The number of hydrogen-bond donors (Lipinski definition) is 1. The van der Waals surface area contributed by atoms with E-state index in [0.29, 0.717) is 19.6 Å². The van der Waals surface area contributed by atoms with Crippen molar-refractivity contribution in [2.45, 2.75) is 25.8 Å². The molecule has 13 heavy (non-hydrogen) atoms. The van der Waals surface area contributed by atoms with Crippen LogP contribution >= 0.6 is 0 Å². The predicted octanol–water partition coefficient (Wildman–Crippen LogP) is 0.818. The Morgan fingerprint density at radius 2 is 2.15 bits per heavy atom. The number of methoxy groups -OCH3 is 1. The smallest absolute Gasteiger partial charge is 0.323 e. The van der Waals surface area contributed by atoms with E-state index in [2.05, 4.69) is 0 Å². The Kier molecular flexibility index (Phi) is 4.95. The van der Waals surface area contributed by atoms with Gasteiger partial charge in [0.1, 0.15) is 5.54 Å². The number of ether oxygens (including phenoxy) is 1. The summed E-state index contributed by atoms with van der Waals surface area (Å²) >= 11 is 0. The molecule has 0 aromatic heterocycles. The van der Waals surface area contributed by atoms with E-state index in [1.165, 1.54) is 0 Å². The summed E-state index contributed by atoms with van der Waals surface area (Å²) in [5.41, 5.74) is -0.815. The lowest BCUT2D eigenvalue weighted by Crippen LogP contribution is -2.51. The van der Waals surface area contributed by atoms with Crippen LogP contribution in [0.1, 0.15) is 20.3 Å². The van der Waals surface area contributed by atoms with Crippen LogP contribution in [0.15, 0.2) is 0 Å². The minimum Gasteiger partial charge on any atom is -0.480 e. The Hall–Kier alpha value is -0.610. The molecule has 1 unspecified atom stereocenters. The van der Waals surface area contributed by atoms with Crippen molar-refractivity contribution in [1.29, 1.82) is 0 Å². The van der Waals surface area contributed by atoms with Gasteiger partial charge in [-0.1, -0.05) is 6.92 Å². The summed E-state index contributed by atoms with van der Waals surface area (Å²) in [7, 11) is 3.39. The molecule has 0 aliphatic rings. The molecule has 0 bridgehead atoms. The van der Waals surface area contributed by atoms with Gasteiger partial charge >= 0.3 is 5.97 Å². The van der Waals surface area contributed by atoms with Gasteiger partial charge in [0.2, 0.25) is 0 Å². The van der Waals surface area contributed by atoms with Gasteiger partial charge in [-0.2, -0.15) is 0 Å². The van der Waals surface area contributed by atoms with Crippen LogP contribution < -0.4 is 0 Å². The molecule has 0 rings (SSSR count). The predicted molar refractivity (Wildman–Crippen MR) is 50.8 cm³/mol. The third-order valence-corrected chi connectivity index (χ3v) is 2.57. The van der Waals surface area contributed by atoms with Gasteiger partial charge in [-0.05, 0) is 26.9 Å². The van der Waals surface area contributed by atoms with Gasteiger partial charge in [0, 0.05) is 13.7 Å². The Morgan fingerprint density at radius 3 is 2.46 bits per heavy atom. The molecule has 0 aliphatic heterocycles. The van der Waals surface area contributed by atoms with Crippen molar-refractivity contribution < 1.29 is 14.6 Å². The number of likely N-dealkylation sites (N-methyl/N-ethyl adjacent to an activating group) is 1. The van der Waals surface area contributed by atoms with Crippen LogP contribution in [-0.4, -0.2) is 48.8 Å². The van der Waals surface area contributed by atoms with Crippen LogP contribution in [-0.2, 0) is 9.53 Å². The topological polar surface area (TPSA) is 49.8 Å². The lowest BCUT2D eigenvalue weighted by molar-refractivity contribution is -0.150. The van der Waals surface area contributed by atoms with Crippen molar-refractivity contribution in [2.75, 3.05) is 27.3 Å². The molecule has 0 aliphatic carbocycles. The maximum absolute atomic E-state index is 11.0. The molecule has 0 fully saturated rings. The Balaban J connectivity index is 4.42. The van der Waals surface area contributed by atoms with Crippen LogP contribution in [0.2, 0.25) is 0 Å². The van der Waals surface area contributed by atoms with Gasteiger partial charge in [0.15, 0.2) is 0 Å². The Bertz CT molecular complexity index is 172. The van der Waals surface area contributed by atoms with E-state index in [1.54, 1.807) is 14.0 Å². The van der Waals surface area contributed by atoms with E-state index in [1.807, 2.05) is 18.9 Å². The lowest BCUT2D eigenvalue weighted by atomic mass is 9.96. The third kappa shape index (κ3) is 2.97. The van der Waals surface area contributed by atoms with Crippen LogP contribution in [0.3, 0.4) is 0 Å². The summed E-state index contributed by atoms with van der Waals surface area (Å²) in [6, 6.07) is 0. The highest BCUT2D eigenvalue weighted by Crippen LogP contribution is 2.17. The first-order valence-corrected chi connectivity index (χ1v) is 4.42. The number of carbonyl (C=O) groups is 1. The van der Waals surface area contributed by atoms with Crippen molar-refractivity contribution in [2.24, 2.45) is 0 Å². The van der Waals surface area contributed by atoms with Crippen molar-refractivity contribution >= 4 is 5.97 Å². The fourth-order valence-corrected chi connectivity index (χ4v) is 1.11. The quantitative estimate of drug-likeness (QED) is 0.672. The molecule has 0 aromatic carbocycles. The normalized spacial score (nSPS) is 15.8. The second-order valence-electron chi connectivity index (χ2n) is 3.34. The van der Waals surface area contributed by atoms with Crippen molar-refractivity contribution in [3.05, 3.63) is 0 Å². The minimum atomic E-state index is -0.815. The molecule has 0 radical (unpaired) electrons. The fourth-order valence-electron chi connectivity index (χ4n) is 1.11. The number of carboxylic acids is 1. The molecule has 0 heterocycles. The zero-order valence-electron chi connectivity index (χ0n) is 8.83. The highest BCUT2D eigenvalue weighted by Gasteiger charge is 2.36. The third-order valence-electron chi connectivity index (χ3n) is 2.57. The van der Waals surface area contributed by atoms with E-state index in [-0.39, 0.29) is 0 Å². The first-order chi connectivity index (χ1) is 5.99. The highest BCUT2D eigenvalue weighted by atomic mass is 16.5. The van der Waals surface area contributed by atoms with E-state index in [0.717, 1.165) is 0 Å². The van der Waals surface area contributed by atoms with Gasteiger partial charge in [-0.15, -0.1) is 0 Å². The van der Waals surface area contributed by atoms with E-state index >= 15 is 0 Å². The summed E-state index contributed by atoms with van der Waals surface area (Å²) in [4.78, 5) is 12.8. The van der Waals surface area contributed by atoms with Gasteiger partial charge < -0.3 is 9.84 Å². The molecule has 0 spiro atoms. The Morgan fingerprint density at radius 1 is 1.62 bits per heavy atom. The summed E-state index contributed by atoms with van der Waals surface area (Å²) in [5, 5.41) is 9.06. The van der Waals surface area contributed by atoms with Gasteiger partial charge in [0.25, 0.3) is 0 Å². The van der Waals surface area contributed by atoms with Crippen molar-refractivity contribution in [3.63, 3.8) is 0 Å². The Labute approximate surface area is 79.5 Å². The average molecular weight is 189 g/mol. The highest BCUT2D eigenvalue weighted by molar-refractivity contribution is 5.78. The average Bonchev–Trinajstić information content (AvgIpc) is 2.12. The summed E-state index contributed by atoms with van der Waals surface area (Å²) in [5.74, 6) is -0.797. The first-order valence-electron chi connectivity index (χ1n) is 4.42. The zero-order chi connectivity index (χ0) is 10.5. The number of nitrogens with zero attached hydrogens (tertiary/aromatic N) is 1. The van der Waals surface area contributed by atoms with Gasteiger partial charge in [-0.3, -0.25) is 9.69 Å². The molecule has 0 saturated heterocycles. The number of hydrogen-bond acceptors (Lipinski definition) is 3. The monoisotopic (exact) mass is 189 g/mol. The molecular formula is C9H19NO3. The molecule has 0 amide bonds. The molecular weight excluding hydrogens is 170 g/mol.